The van der Waals surface area contributed by atoms with Crippen molar-refractivity contribution < 1.29 is 0 Å². The molecule has 3 rings (SSSR count). The molecule has 0 aromatic carbocycles. The van der Waals surface area contributed by atoms with Gasteiger partial charge >= 0.3 is 0 Å². The Hall–Kier alpha value is -1.33. The lowest BCUT2D eigenvalue weighted by Crippen LogP contribution is -2.12. The molecule has 0 amide bonds. The van der Waals surface area contributed by atoms with Crippen LogP contribution in [-0.4, -0.2) is 19.3 Å². The van der Waals surface area contributed by atoms with Gasteiger partial charge in [-0.15, -0.1) is 22.9 Å². The third-order valence-corrected chi connectivity index (χ3v) is 5.03. The molecule has 21 heavy (non-hydrogen) atoms. The van der Waals surface area contributed by atoms with Gasteiger partial charge in [0, 0.05) is 11.9 Å². The number of fused-ring (bicyclic) bond motifs is 1. The normalized spacial score (nSPS) is 14.7. The molecule has 0 bridgehead atoms. The average Bonchev–Trinajstić information content (AvgIpc) is 3.14. The number of hydrogen-bond acceptors (Lipinski definition) is 3. The number of halogens is 1. The maximum atomic E-state index is 6.38. The predicted molar refractivity (Wildman–Crippen MR) is 88.3 cm³/mol. The van der Waals surface area contributed by atoms with Gasteiger partial charge in [-0.2, -0.15) is 5.10 Å². The summed E-state index contributed by atoms with van der Waals surface area (Å²) in [6, 6.07) is 4.43. The summed E-state index contributed by atoms with van der Waals surface area (Å²) in [6.07, 6.45) is 0.873. The van der Waals surface area contributed by atoms with Crippen molar-refractivity contribution in [3.8, 4) is 0 Å². The second-order valence-corrected chi connectivity index (χ2v) is 6.88. The second-order valence-electron chi connectivity index (χ2n) is 5.24. The molecule has 112 valence electrons. The van der Waals surface area contributed by atoms with Crippen LogP contribution in [-0.2, 0) is 13.5 Å². The Labute approximate surface area is 133 Å². The summed E-state index contributed by atoms with van der Waals surface area (Å²) in [5.41, 5.74) is 3.06. The Kier molecular flexibility index (Phi) is 3.80. The number of alkyl halides is 1. The molecule has 0 aliphatic carbocycles. The summed E-state index contributed by atoms with van der Waals surface area (Å²) in [6.45, 7) is 6.26. The van der Waals surface area contributed by atoms with Gasteiger partial charge in [0.25, 0.3) is 0 Å². The first-order valence-corrected chi connectivity index (χ1v) is 8.47. The van der Waals surface area contributed by atoms with Gasteiger partial charge in [-0.1, -0.05) is 13.0 Å². The standard InChI is InChI=1S/C15H19ClN4S/c1-5-11-13-15(19(4)18-11)20(14(17-13)9(2)16)10(3)12-7-6-8-21-12/h6-10H,5H2,1-4H3. The van der Waals surface area contributed by atoms with Crippen LogP contribution >= 0.6 is 22.9 Å². The van der Waals surface area contributed by atoms with E-state index in [-0.39, 0.29) is 11.4 Å². The summed E-state index contributed by atoms with van der Waals surface area (Å²) >= 11 is 8.14. The van der Waals surface area contributed by atoms with Crippen LogP contribution in [0.1, 0.15) is 48.6 Å². The molecule has 3 aromatic heterocycles. The largest absolute Gasteiger partial charge is 0.303 e. The molecule has 0 fully saturated rings. The lowest BCUT2D eigenvalue weighted by Gasteiger charge is -2.17. The van der Waals surface area contributed by atoms with Gasteiger partial charge in [0.2, 0.25) is 0 Å². The smallest absolute Gasteiger partial charge is 0.159 e. The minimum absolute atomic E-state index is 0.135. The molecular formula is C15H19ClN4S. The van der Waals surface area contributed by atoms with Crippen molar-refractivity contribution in [2.45, 2.75) is 38.6 Å². The predicted octanol–water partition coefficient (Wildman–Crippen LogP) is 4.30. The minimum atomic E-state index is -0.135. The molecular weight excluding hydrogens is 304 g/mol. The molecule has 2 unspecified atom stereocenters. The molecule has 0 aliphatic rings. The molecule has 2 atom stereocenters. The van der Waals surface area contributed by atoms with E-state index in [9.17, 15) is 0 Å². The Morgan fingerprint density at radius 1 is 1.38 bits per heavy atom. The third-order valence-electron chi connectivity index (χ3n) is 3.80. The molecule has 0 saturated heterocycles. The van der Waals surface area contributed by atoms with Crippen molar-refractivity contribution in [2.75, 3.05) is 0 Å². The average molecular weight is 323 g/mol. The highest BCUT2D eigenvalue weighted by Gasteiger charge is 2.25. The number of rotatable bonds is 4. The van der Waals surface area contributed by atoms with Gasteiger partial charge in [-0.05, 0) is 31.7 Å². The molecule has 3 aromatic rings. The Balaban J connectivity index is 2.28. The van der Waals surface area contributed by atoms with Gasteiger partial charge in [-0.3, -0.25) is 4.68 Å². The fourth-order valence-electron chi connectivity index (χ4n) is 2.78. The van der Waals surface area contributed by atoms with Crippen molar-refractivity contribution in [1.82, 2.24) is 19.3 Å². The second kappa shape index (κ2) is 5.46. The zero-order chi connectivity index (χ0) is 15.1. The van der Waals surface area contributed by atoms with E-state index < -0.39 is 0 Å². The van der Waals surface area contributed by atoms with Crippen molar-refractivity contribution in [2.24, 2.45) is 7.05 Å². The van der Waals surface area contributed by atoms with E-state index in [0.29, 0.717) is 0 Å². The van der Waals surface area contributed by atoms with Crippen LogP contribution in [0.2, 0.25) is 0 Å². The van der Waals surface area contributed by atoms with Crippen molar-refractivity contribution >= 4 is 34.1 Å². The lowest BCUT2D eigenvalue weighted by atomic mass is 10.2. The lowest BCUT2D eigenvalue weighted by molar-refractivity contribution is 0.602. The van der Waals surface area contributed by atoms with E-state index in [1.165, 1.54) is 4.88 Å². The van der Waals surface area contributed by atoms with Gasteiger partial charge in [0.1, 0.15) is 11.3 Å². The highest BCUT2D eigenvalue weighted by molar-refractivity contribution is 7.10. The van der Waals surface area contributed by atoms with Crippen LogP contribution in [0.5, 0.6) is 0 Å². The first-order valence-electron chi connectivity index (χ1n) is 7.15. The van der Waals surface area contributed by atoms with E-state index in [2.05, 4.69) is 41.0 Å². The summed E-state index contributed by atoms with van der Waals surface area (Å²) in [4.78, 5) is 6.09. The van der Waals surface area contributed by atoms with Crippen molar-refractivity contribution in [3.05, 3.63) is 33.9 Å². The van der Waals surface area contributed by atoms with Crippen LogP contribution in [0.25, 0.3) is 11.2 Å². The molecule has 0 N–H and O–H groups in total. The molecule has 6 heteroatoms. The maximum absolute atomic E-state index is 6.38. The zero-order valence-corrected chi connectivity index (χ0v) is 14.2. The molecule has 0 saturated carbocycles. The first-order chi connectivity index (χ1) is 10.0. The Morgan fingerprint density at radius 2 is 2.14 bits per heavy atom. The van der Waals surface area contributed by atoms with E-state index in [1.807, 2.05) is 18.7 Å². The number of imidazole rings is 1. The Morgan fingerprint density at radius 3 is 2.71 bits per heavy atom. The van der Waals surface area contributed by atoms with E-state index in [4.69, 9.17) is 16.6 Å². The van der Waals surface area contributed by atoms with Gasteiger partial charge < -0.3 is 4.57 Å². The van der Waals surface area contributed by atoms with Gasteiger partial charge in [0.15, 0.2) is 5.65 Å². The number of aryl methyl sites for hydroxylation is 2. The number of nitrogens with zero attached hydrogens (tertiary/aromatic N) is 4. The SMILES string of the molecule is CCc1nn(C)c2c1nc(C(C)Cl)n2C(C)c1cccs1. The summed E-state index contributed by atoms with van der Waals surface area (Å²) in [5, 5.41) is 6.55. The summed E-state index contributed by atoms with van der Waals surface area (Å²) in [5.74, 6) is 0.912. The fourth-order valence-corrected chi connectivity index (χ4v) is 3.70. The minimum Gasteiger partial charge on any atom is -0.303 e. The van der Waals surface area contributed by atoms with Crippen LogP contribution in [0.15, 0.2) is 17.5 Å². The van der Waals surface area contributed by atoms with Gasteiger partial charge in [0.05, 0.1) is 17.1 Å². The number of thiophene rings is 1. The first kappa shape index (κ1) is 14.6. The Bertz CT molecular complexity index is 754. The van der Waals surface area contributed by atoms with Crippen molar-refractivity contribution in [3.63, 3.8) is 0 Å². The number of hydrogen-bond donors (Lipinski definition) is 0. The highest BCUT2D eigenvalue weighted by Crippen LogP contribution is 2.33. The van der Waals surface area contributed by atoms with Gasteiger partial charge in [-0.25, -0.2) is 4.98 Å². The number of aromatic nitrogens is 4. The van der Waals surface area contributed by atoms with Crippen LogP contribution < -0.4 is 0 Å². The molecule has 0 radical (unpaired) electrons. The maximum Gasteiger partial charge on any atom is 0.159 e. The zero-order valence-electron chi connectivity index (χ0n) is 12.7. The van der Waals surface area contributed by atoms with Crippen LogP contribution in [0, 0.1) is 0 Å². The van der Waals surface area contributed by atoms with E-state index in [1.54, 1.807) is 11.3 Å². The van der Waals surface area contributed by atoms with E-state index >= 15 is 0 Å². The topological polar surface area (TPSA) is 35.6 Å². The van der Waals surface area contributed by atoms with Crippen LogP contribution in [0.3, 0.4) is 0 Å². The third kappa shape index (κ3) is 2.28. The monoisotopic (exact) mass is 322 g/mol. The fraction of sp³-hybridized carbons (Fsp3) is 0.467. The van der Waals surface area contributed by atoms with Crippen LogP contribution in [0.4, 0.5) is 0 Å². The molecule has 4 nitrogen and oxygen atoms in total. The molecule has 0 spiro atoms. The molecule has 0 aliphatic heterocycles. The van der Waals surface area contributed by atoms with E-state index in [0.717, 1.165) is 29.1 Å². The summed E-state index contributed by atoms with van der Waals surface area (Å²) < 4.78 is 4.15. The van der Waals surface area contributed by atoms with Crippen molar-refractivity contribution in [1.29, 1.82) is 0 Å². The highest BCUT2D eigenvalue weighted by atomic mass is 35.5. The molecule has 3 heterocycles. The summed E-state index contributed by atoms with van der Waals surface area (Å²) in [7, 11) is 1.98. The quantitative estimate of drug-likeness (QED) is 0.671.